The Morgan fingerprint density at radius 2 is 1.83 bits per heavy atom. The summed E-state index contributed by atoms with van der Waals surface area (Å²) in [5.74, 6) is -0.0582. The van der Waals surface area contributed by atoms with Crippen LogP contribution < -0.4 is 15.8 Å². The van der Waals surface area contributed by atoms with Gasteiger partial charge in [0.05, 0.1) is 11.4 Å². The van der Waals surface area contributed by atoms with Gasteiger partial charge in [-0.05, 0) is 41.8 Å². The van der Waals surface area contributed by atoms with Gasteiger partial charge in [0.2, 0.25) is 10.0 Å². The van der Waals surface area contributed by atoms with E-state index in [1.165, 1.54) is 31.0 Å². The van der Waals surface area contributed by atoms with Crippen molar-refractivity contribution in [3.05, 3.63) is 65.5 Å². The highest BCUT2D eigenvalue weighted by Gasteiger charge is 2.14. The normalized spacial score (nSPS) is 12.1. The van der Waals surface area contributed by atoms with Crippen LogP contribution in [0.5, 0.6) is 0 Å². The van der Waals surface area contributed by atoms with Crippen molar-refractivity contribution >= 4 is 16.0 Å². The number of halogens is 1. The zero-order valence-electron chi connectivity index (χ0n) is 16.7. The largest absolute Gasteiger partial charge is 0.370 e. The van der Waals surface area contributed by atoms with Crippen molar-refractivity contribution < 1.29 is 12.8 Å². The van der Waals surface area contributed by atoms with Crippen molar-refractivity contribution in [3.63, 3.8) is 0 Å². The molecule has 0 unspecified atom stereocenters. The Balaban J connectivity index is 1.92. The van der Waals surface area contributed by atoms with Crippen LogP contribution in [0.1, 0.15) is 43.7 Å². The summed E-state index contributed by atoms with van der Waals surface area (Å²) in [6.07, 6.45) is 4.57. The Bertz CT molecular complexity index is 916. The minimum absolute atomic E-state index is 0.0113. The first-order valence-electron chi connectivity index (χ1n) is 9.77. The second-order valence-electron chi connectivity index (χ2n) is 6.79. The van der Waals surface area contributed by atoms with E-state index >= 15 is 0 Å². The zero-order valence-corrected chi connectivity index (χ0v) is 17.5. The van der Waals surface area contributed by atoms with Gasteiger partial charge in [0, 0.05) is 13.1 Å². The number of guanidine groups is 1. The molecule has 2 aromatic carbocycles. The summed E-state index contributed by atoms with van der Waals surface area (Å²) in [6, 6.07) is 12.3. The highest BCUT2D eigenvalue weighted by Crippen LogP contribution is 2.13. The molecule has 0 fully saturated rings. The second-order valence-corrected chi connectivity index (χ2v) is 8.56. The van der Waals surface area contributed by atoms with E-state index in [0.29, 0.717) is 11.5 Å². The Labute approximate surface area is 172 Å². The van der Waals surface area contributed by atoms with E-state index in [0.717, 1.165) is 24.9 Å². The fourth-order valence-corrected chi connectivity index (χ4v) is 3.81. The van der Waals surface area contributed by atoms with Gasteiger partial charge < -0.3 is 11.1 Å². The maximum absolute atomic E-state index is 13.2. The molecule has 0 spiro atoms. The lowest BCUT2D eigenvalue weighted by molar-refractivity contribution is 0.580. The Morgan fingerprint density at radius 3 is 2.59 bits per heavy atom. The van der Waals surface area contributed by atoms with Crippen LogP contribution in [0.3, 0.4) is 0 Å². The molecule has 0 aliphatic rings. The van der Waals surface area contributed by atoms with Crippen LogP contribution >= 0.6 is 0 Å². The number of aliphatic imine (C=N–C) groups is 1. The van der Waals surface area contributed by atoms with Crippen molar-refractivity contribution in [3.8, 4) is 0 Å². The number of nitrogens with zero attached hydrogens (tertiary/aromatic N) is 1. The summed E-state index contributed by atoms with van der Waals surface area (Å²) in [4.78, 5) is 4.40. The molecule has 0 atom stereocenters. The third kappa shape index (κ3) is 8.21. The molecular formula is C21H29FN4O2S. The van der Waals surface area contributed by atoms with Gasteiger partial charge in [0.1, 0.15) is 5.82 Å². The Kier molecular flexibility index (Phi) is 9.08. The number of sulfonamides is 1. The van der Waals surface area contributed by atoms with Crippen LogP contribution in [-0.2, 0) is 23.1 Å². The van der Waals surface area contributed by atoms with Crippen LogP contribution in [0.15, 0.2) is 58.4 Å². The van der Waals surface area contributed by atoms with E-state index in [4.69, 9.17) is 5.73 Å². The van der Waals surface area contributed by atoms with Crippen LogP contribution in [0, 0.1) is 5.82 Å². The predicted molar refractivity (Wildman–Crippen MR) is 114 cm³/mol. The summed E-state index contributed by atoms with van der Waals surface area (Å²) in [5, 5.41) is 3.07. The van der Waals surface area contributed by atoms with Gasteiger partial charge in [-0.3, -0.25) is 0 Å². The molecule has 0 saturated carbocycles. The molecule has 0 radical (unpaired) electrons. The maximum atomic E-state index is 13.2. The molecule has 0 saturated heterocycles. The van der Waals surface area contributed by atoms with Crippen molar-refractivity contribution in [2.24, 2.45) is 10.7 Å². The third-order valence-corrected chi connectivity index (χ3v) is 5.73. The fourth-order valence-electron chi connectivity index (χ4n) is 2.72. The second kappa shape index (κ2) is 11.5. The predicted octanol–water partition coefficient (Wildman–Crippen LogP) is 3.29. The average molecular weight is 421 g/mol. The summed E-state index contributed by atoms with van der Waals surface area (Å²) < 4.78 is 40.8. The molecule has 0 aliphatic carbocycles. The number of nitrogens with two attached hydrogens (primary N) is 1. The fraction of sp³-hybridized carbons (Fsp3) is 0.381. The van der Waals surface area contributed by atoms with Crippen LogP contribution in [0.2, 0.25) is 0 Å². The molecule has 0 amide bonds. The first-order valence-corrected chi connectivity index (χ1v) is 11.3. The highest BCUT2D eigenvalue weighted by molar-refractivity contribution is 7.89. The van der Waals surface area contributed by atoms with Gasteiger partial charge in [0.25, 0.3) is 0 Å². The van der Waals surface area contributed by atoms with Gasteiger partial charge in [-0.2, -0.15) is 0 Å². The first-order chi connectivity index (χ1) is 13.9. The van der Waals surface area contributed by atoms with E-state index in [1.54, 1.807) is 30.3 Å². The third-order valence-electron chi connectivity index (χ3n) is 4.33. The molecule has 6 nitrogen and oxygen atoms in total. The molecule has 2 aromatic rings. The standard InChI is InChI=1S/C21H29FN4O2S/c1-2-3-4-5-12-24-21(23)25-15-18-9-7-11-20(14-18)29(27,28)26-16-17-8-6-10-19(22)13-17/h6-11,13-14,26H,2-5,12,15-16H2,1H3,(H3,23,24,25). The number of hydrogen-bond donors (Lipinski definition) is 3. The summed E-state index contributed by atoms with van der Waals surface area (Å²) >= 11 is 0. The molecule has 8 heteroatoms. The summed E-state index contributed by atoms with van der Waals surface area (Å²) in [6.45, 7) is 3.22. The molecular weight excluding hydrogens is 391 g/mol. The van der Waals surface area contributed by atoms with E-state index in [9.17, 15) is 12.8 Å². The van der Waals surface area contributed by atoms with Crippen molar-refractivity contribution in [2.75, 3.05) is 6.54 Å². The molecule has 29 heavy (non-hydrogen) atoms. The van der Waals surface area contributed by atoms with Gasteiger partial charge >= 0.3 is 0 Å². The molecule has 0 bridgehead atoms. The van der Waals surface area contributed by atoms with E-state index < -0.39 is 15.8 Å². The van der Waals surface area contributed by atoms with Crippen molar-refractivity contribution in [1.29, 1.82) is 0 Å². The van der Waals surface area contributed by atoms with E-state index in [2.05, 4.69) is 22.0 Å². The summed E-state index contributed by atoms with van der Waals surface area (Å²) in [5.41, 5.74) is 7.14. The zero-order chi connectivity index (χ0) is 21.1. The SMILES string of the molecule is CCCCCCNC(N)=NCc1cccc(S(=O)(=O)NCc2cccc(F)c2)c1. The average Bonchev–Trinajstić information content (AvgIpc) is 2.71. The van der Waals surface area contributed by atoms with E-state index in [1.807, 2.05) is 0 Å². The van der Waals surface area contributed by atoms with Crippen molar-refractivity contribution in [2.45, 2.75) is 50.6 Å². The minimum Gasteiger partial charge on any atom is -0.370 e. The molecule has 0 aliphatic heterocycles. The van der Waals surface area contributed by atoms with Crippen molar-refractivity contribution in [1.82, 2.24) is 10.0 Å². The number of benzene rings is 2. The van der Waals surface area contributed by atoms with E-state index in [-0.39, 0.29) is 18.0 Å². The molecule has 158 valence electrons. The summed E-state index contributed by atoms with van der Waals surface area (Å²) in [7, 11) is -3.72. The lowest BCUT2D eigenvalue weighted by Gasteiger charge is -2.09. The first kappa shape index (κ1) is 22.8. The number of unbranched alkanes of at least 4 members (excludes halogenated alkanes) is 3. The highest BCUT2D eigenvalue weighted by atomic mass is 32.2. The minimum atomic E-state index is -3.72. The Morgan fingerprint density at radius 1 is 1.07 bits per heavy atom. The quantitative estimate of drug-likeness (QED) is 0.295. The molecule has 0 aromatic heterocycles. The topological polar surface area (TPSA) is 96.6 Å². The van der Waals surface area contributed by atoms with Gasteiger partial charge in [-0.25, -0.2) is 22.5 Å². The molecule has 2 rings (SSSR count). The smallest absolute Gasteiger partial charge is 0.240 e. The number of nitrogens with one attached hydrogen (secondary N) is 2. The molecule has 4 N–H and O–H groups in total. The van der Waals surface area contributed by atoms with Crippen LogP contribution in [-0.4, -0.2) is 20.9 Å². The number of rotatable bonds is 11. The monoisotopic (exact) mass is 420 g/mol. The molecule has 0 heterocycles. The van der Waals surface area contributed by atoms with Gasteiger partial charge in [-0.1, -0.05) is 50.5 Å². The Hall–Kier alpha value is -2.45. The van der Waals surface area contributed by atoms with Crippen LogP contribution in [0.25, 0.3) is 0 Å². The number of hydrogen-bond acceptors (Lipinski definition) is 3. The van der Waals surface area contributed by atoms with Gasteiger partial charge in [-0.15, -0.1) is 0 Å². The maximum Gasteiger partial charge on any atom is 0.240 e. The van der Waals surface area contributed by atoms with Crippen LogP contribution in [0.4, 0.5) is 4.39 Å². The van der Waals surface area contributed by atoms with Gasteiger partial charge in [0.15, 0.2) is 5.96 Å². The lowest BCUT2D eigenvalue weighted by atomic mass is 10.2. The lowest BCUT2D eigenvalue weighted by Crippen LogP contribution is -2.32.